The van der Waals surface area contributed by atoms with Gasteiger partial charge in [0, 0.05) is 0 Å². The molecule has 0 aromatic carbocycles. The molecule has 0 amide bonds. The Morgan fingerprint density at radius 2 is 1.50 bits per heavy atom. The summed E-state index contributed by atoms with van der Waals surface area (Å²) in [6.07, 6.45) is 0. The molecule has 2 nitrogen and oxygen atoms in total. The Kier molecular flexibility index (Phi) is 3.35. The van der Waals surface area contributed by atoms with Crippen LogP contribution in [-0.4, -0.2) is 0 Å². The van der Waals surface area contributed by atoms with Gasteiger partial charge in [-0.2, -0.15) is 0 Å². The first kappa shape index (κ1) is 5.30. The monoisotopic (exact) mass is 400 g/mol. The molecule has 0 saturated carbocycles. The molecule has 4 N–H and O–H groups in total. The summed E-state index contributed by atoms with van der Waals surface area (Å²) in [7, 11) is 0. The normalized spacial score (nSPS) is 8.75. The maximum atomic E-state index is 5.12. The van der Waals surface area contributed by atoms with Gasteiger partial charge in [0.25, 0.3) is 0 Å². The van der Waals surface area contributed by atoms with Crippen molar-refractivity contribution in [1.82, 2.24) is 0 Å². The number of rotatable bonds is 0. The summed E-state index contributed by atoms with van der Waals surface area (Å²) in [4.78, 5) is 0. The minimum absolute atomic E-state index is 1.43. The Hall–Kier alpha value is 1.30. The van der Waals surface area contributed by atoms with Gasteiger partial charge in [-0.05, 0) is 0 Å². The first-order valence-electron chi connectivity index (χ1n) is 0.638. The van der Waals surface area contributed by atoms with Gasteiger partial charge in [-0.15, -0.1) is 0 Å². The number of hydrogen-bond acceptors (Lipinski definition) is 2. The molecule has 0 rings (SSSR count). The third-order valence-electron chi connectivity index (χ3n) is 0. The van der Waals surface area contributed by atoms with E-state index in [2.05, 4.69) is 0 Å². The molecular weight excluding hydrogens is 396 g/mol. The summed E-state index contributed by atoms with van der Waals surface area (Å²) in [5.41, 5.74) is 0. The van der Waals surface area contributed by atoms with Crippen molar-refractivity contribution < 1.29 is 31.6 Å². The summed E-state index contributed by atoms with van der Waals surface area (Å²) in [5, 5.41) is 0. The van der Waals surface area contributed by atoms with Crippen molar-refractivity contribution in [1.29, 1.82) is 0 Å². The van der Waals surface area contributed by atoms with E-state index < -0.39 is 14.8 Å². The van der Waals surface area contributed by atoms with Gasteiger partial charge in [-0.3, -0.25) is 0 Å². The zero-order valence-corrected chi connectivity index (χ0v) is 7.84. The van der Waals surface area contributed by atoms with Gasteiger partial charge in [0.1, 0.15) is 0 Å². The fraction of sp³-hybridized carbons (Fsp3) is 0. The van der Waals surface area contributed by atoms with Crippen LogP contribution in [0.1, 0.15) is 0 Å². The minimum atomic E-state index is -1.44. The third-order valence-corrected chi connectivity index (χ3v) is 0. The van der Waals surface area contributed by atoms with Crippen LogP contribution < -0.4 is 8.58 Å². The van der Waals surface area contributed by atoms with Gasteiger partial charge in [0.05, 0.1) is 0 Å². The summed E-state index contributed by atoms with van der Waals surface area (Å²) in [6.45, 7) is 0. The predicted octanol–water partition coefficient (Wildman–Crippen LogP) is -1.19. The molecule has 0 radical (unpaired) electrons. The van der Waals surface area contributed by atoms with Crippen LogP contribution in [0.25, 0.3) is 0 Å². The standard InChI is InChI=1S/2H2N.2W/h2*1H2;;/q2*-1;;+2. The van der Waals surface area contributed by atoms with Crippen LogP contribution >= 0.6 is 0 Å². The fourth-order valence-electron chi connectivity index (χ4n) is 0. The maximum absolute atomic E-state index is 5.12. The Balaban J connectivity index is 2.32. The Bertz CT molecular complexity index is 8.75. The molecule has 0 aliphatic carbocycles. The quantitative estimate of drug-likeness (QED) is 0.538. The second-order valence-electron chi connectivity index (χ2n) is 0.329. The van der Waals surface area contributed by atoms with E-state index >= 15 is 0 Å². The molecule has 0 atom stereocenters. The molecule has 4 heavy (non-hydrogen) atoms. The van der Waals surface area contributed by atoms with E-state index in [1.165, 1.54) is 16.8 Å². The van der Waals surface area contributed by atoms with Gasteiger partial charge in [0.15, 0.2) is 0 Å². The molecule has 0 heterocycles. The molecule has 0 unspecified atom stereocenters. The Labute approximate surface area is 40.2 Å². The molecule has 26 valence electrons. The topological polar surface area (TPSA) is 52.0 Å². The van der Waals surface area contributed by atoms with Crippen molar-refractivity contribution in [3.05, 3.63) is 0 Å². The zero-order chi connectivity index (χ0) is 3.58. The zero-order valence-electron chi connectivity index (χ0n) is 1.97. The van der Waals surface area contributed by atoms with E-state index in [1.54, 1.807) is 0 Å². The molecule has 0 fully saturated rings. The first-order chi connectivity index (χ1) is 1.73. The van der Waals surface area contributed by atoms with Crippen LogP contribution in [0.5, 0.6) is 0 Å². The van der Waals surface area contributed by atoms with Crippen molar-refractivity contribution >= 4 is 0 Å². The van der Waals surface area contributed by atoms with Gasteiger partial charge < -0.3 is 0 Å². The molecule has 0 bridgehead atoms. The van der Waals surface area contributed by atoms with E-state index in [4.69, 9.17) is 8.58 Å². The van der Waals surface area contributed by atoms with Crippen LogP contribution in [0.15, 0.2) is 0 Å². The van der Waals surface area contributed by atoms with E-state index in [0.717, 1.165) is 0 Å². The summed E-state index contributed by atoms with van der Waals surface area (Å²) in [6, 6.07) is 0. The van der Waals surface area contributed by atoms with Gasteiger partial charge >= 0.3 is 40.2 Å². The summed E-state index contributed by atoms with van der Waals surface area (Å²) < 4.78 is 10.2. The van der Waals surface area contributed by atoms with Crippen molar-refractivity contribution in [2.24, 2.45) is 8.58 Å². The van der Waals surface area contributed by atoms with E-state index in [-0.39, 0.29) is 0 Å². The molecule has 0 aliphatic heterocycles. The second kappa shape index (κ2) is 2.53. The van der Waals surface area contributed by atoms with Crippen molar-refractivity contribution in [2.75, 3.05) is 0 Å². The van der Waals surface area contributed by atoms with E-state index in [1.807, 2.05) is 0 Å². The van der Waals surface area contributed by atoms with Crippen LogP contribution in [0.2, 0.25) is 0 Å². The molecule has 0 saturated heterocycles. The molecule has 0 aromatic rings. The van der Waals surface area contributed by atoms with Crippen LogP contribution in [0.3, 0.4) is 0 Å². The number of hydrogen-bond donors (Lipinski definition) is 2. The van der Waals surface area contributed by atoms with Crippen LogP contribution in [0.4, 0.5) is 0 Å². The molecular formula is H4N2W2. The van der Waals surface area contributed by atoms with Gasteiger partial charge in [-0.25, -0.2) is 0 Å². The van der Waals surface area contributed by atoms with Crippen molar-refractivity contribution in [3.63, 3.8) is 0 Å². The van der Waals surface area contributed by atoms with Gasteiger partial charge in [0.2, 0.25) is 0 Å². The molecule has 0 aromatic heterocycles. The fourth-order valence-corrected chi connectivity index (χ4v) is 0. The molecule has 4 heteroatoms. The average molecular weight is 400 g/mol. The second-order valence-corrected chi connectivity index (χ2v) is 14.0. The Morgan fingerprint density at radius 1 is 1.50 bits per heavy atom. The SMILES string of the molecule is [NH2][W]([NH2])[W]. The average Bonchev–Trinajstić information content (AvgIpc) is 0.811. The van der Waals surface area contributed by atoms with Gasteiger partial charge in [-0.1, -0.05) is 0 Å². The van der Waals surface area contributed by atoms with Crippen molar-refractivity contribution in [3.8, 4) is 0 Å². The summed E-state index contributed by atoms with van der Waals surface area (Å²) in [5.74, 6) is 0. The van der Waals surface area contributed by atoms with Crippen LogP contribution in [0, 0.1) is 0 Å². The van der Waals surface area contributed by atoms with Crippen LogP contribution in [-0.2, 0) is 31.6 Å². The van der Waals surface area contributed by atoms with E-state index in [0.29, 0.717) is 0 Å². The third kappa shape index (κ3) is 10.3. The molecule has 0 spiro atoms. The number of nitrogens with two attached hydrogens (primary N) is 2. The van der Waals surface area contributed by atoms with Crippen molar-refractivity contribution in [2.45, 2.75) is 0 Å². The van der Waals surface area contributed by atoms with E-state index in [9.17, 15) is 0 Å². The Morgan fingerprint density at radius 3 is 1.50 bits per heavy atom. The molecule has 0 aliphatic rings. The predicted molar refractivity (Wildman–Crippen MR) is 8.37 cm³/mol. The summed E-state index contributed by atoms with van der Waals surface area (Å²) >= 11 is -0.0185. The first-order valence-corrected chi connectivity index (χ1v) is 15.0.